The SMILES string of the molecule is [2H]C1(c2ccc3c(c2)Sc2c(ccc(C4([2H])CCCC4)c2-c2cccc([Si](C)(c4ccccc4)c4cccc5c4Sc4ccccc4C5(C([2H])([2H])[2H])C([2H])([2H])[2H])c2)C3(C([2H])([2H])[2H])C([2H])([2H])[2H])CCCC1. The van der Waals surface area contributed by atoms with E-state index < -0.39 is 58.1 Å². The molecule has 6 aromatic rings. The van der Waals surface area contributed by atoms with E-state index in [1.54, 1.807) is 60.7 Å². The Morgan fingerprint density at radius 1 is 0.554 bits per heavy atom. The van der Waals surface area contributed by atoms with Crippen LogP contribution >= 0.6 is 23.5 Å². The minimum absolute atomic E-state index is 0.158. The van der Waals surface area contributed by atoms with E-state index in [2.05, 4.69) is 24.7 Å². The van der Waals surface area contributed by atoms with Crippen LogP contribution in [0.15, 0.2) is 147 Å². The topological polar surface area (TPSA) is 0 Å². The number of fused-ring (bicyclic) bond motifs is 4. The third-order valence-electron chi connectivity index (χ3n) is 12.9. The molecule has 2 aliphatic carbocycles. The highest BCUT2D eigenvalue weighted by Crippen LogP contribution is 2.56. The maximum absolute atomic E-state index is 10.1. The number of hydrogen-bond acceptors (Lipinski definition) is 2. The number of benzene rings is 6. The van der Waals surface area contributed by atoms with Crippen molar-refractivity contribution in [2.75, 3.05) is 0 Å². The van der Waals surface area contributed by atoms with E-state index in [9.17, 15) is 11.0 Å². The van der Waals surface area contributed by atoms with Crippen LogP contribution < -0.4 is 15.6 Å². The van der Waals surface area contributed by atoms with Crippen LogP contribution in [-0.4, -0.2) is 8.07 Å². The van der Waals surface area contributed by atoms with Gasteiger partial charge in [-0.25, -0.2) is 0 Å². The first-order valence-corrected chi connectivity index (χ1v) is 24.1. The first kappa shape index (κ1) is 24.2. The fraction of sp³-hybridized carbons (Fsp3) is 0.321. The van der Waals surface area contributed by atoms with E-state index in [0.717, 1.165) is 46.8 Å². The Morgan fingerprint density at radius 2 is 1.16 bits per heavy atom. The van der Waals surface area contributed by atoms with Crippen LogP contribution in [0.1, 0.15) is 143 Å². The molecule has 2 fully saturated rings. The second kappa shape index (κ2) is 14.0. The van der Waals surface area contributed by atoms with E-state index >= 15 is 0 Å². The minimum atomic E-state index is -3.35. The van der Waals surface area contributed by atoms with E-state index in [-0.39, 0.29) is 22.3 Å². The van der Waals surface area contributed by atoms with Gasteiger partial charge >= 0.3 is 0 Å². The van der Waals surface area contributed by atoms with Crippen molar-refractivity contribution in [3.63, 3.8) is 0 Å². The second-order valence-electron chi connectivity index (χ2n) is 16.2. The van der Waals surface area contributed by atoms with Gasteiger partial charge in [-0.15, -0.1) is 0 Å². The summed E-state index contributed by atoms with van der Waals surface area (Å²) in [5, 5.41) is 2.70. The molecule has 0 spiro atoms. The second-order valence-corrected chi connectivity index (χ2v) is 22.2. The molecule has 0 radical (unpaired) electrons. The lowest BCUT2D eigenvalue weighted by molar-refractivity contribution is 0.603. The van der Waals surface area contributed by atoms with E-state index in [1.165, 1.54) is 23.5 Å². The predicted octanol–water partition coefficient (Wildman–Crippen LogP) is 13.3. The third-order valence-corrected chi connectivity index (χ3v) is 19.9. The smallest absolute Gasteiger partial charge is 0.0895 e. The van der Waals surface area contributed by atoms with Crippen molar-refractivity contribution >= 4 is 47.2 Å². The molecular formula is C53H54S2Si. The lowest BCUT2D eigenvalue weighted by atomic mass is 9.75. The van der Waals surface area contributed by atoms with Crippen molar-refractivity contribution in [1.29, 1.82) is 0 Å². The van der Waals surface area contributed by atoms with Crippen LogP contribution in [0.3, 0.4) is 0 Å². The summed E-state index contributed by atoms with van der Waals surface area (Å²) in [5.74, 6) is -1.94. The molecular weight excluding hydrogens is 729 g/mol. The Morgan fingerprint density at radius 3 is 1.93 bits per heavy atom. The maximum atomic E-state index is 10.1. The average molecular weight is 797 g/mol. The van der Waals surface area contributed by atoms with Gasteiger partial charge in [0.15, 0.2) is 0 Å². The third kappa shape index (κ3) is 5.77. The Balaban J connectivity index is 1.27. The molecule has 6 aromatic carbocycles. The van der Waals surface area contributed by atoms with Gasteiger partial charge in [-0.3, -0.25) is 0 Å². The van der Waals surface area contributed by atoms with Gasteiger partial charge in [-0.05, 0) is 110 Å². The molecule has 2 heterocycles. The van der Waals surface area contributed by atoms with Crippen LogP contribution in [0.4, 0.5) is 0 Å². The fourth-order valence-electron chi connectivity index (χ4n) is 9.81. The predicted molar refractivity (Wildman–Crippen MR) is 243 cm³/mol. The zero-order valence-corrected chi connectivity index (χ0v) is 34.2. The molecule has 0 aromatic heterocycles. The number of rotatable bonds is 6. The Kier molecular flexibility index (Phi) is 6.04. The lowest BCUT2D eigenvalue weighted by Gasteiger charge is -2.39. The molecule has 3 heteroatoms. The molecule has 0 nitrogen and oxygen atoms in total. The van der Waals surface area contributed by atoms with Gasteiger partial charge in [0.25, 0.3) is 0 Å². The van der Waals surface area contributed by atoms with Crippen LogP contribution in [0.2, 0.25) is 6.55 Å². The molecule has 2 aliphatic heterocycles. The largest absolute Gasteiger partial charge is 0.146 e. The van der Waals surface area contributed by atoms with Crippen LogP contribution in [-0.2, 0) is 10.8 Å². The fourth-order valence-corrected chi connectivity index (χ4v) is 16.9. The molecule has 1 unspecified atom stereocenters. The first-order chi connectivity index (χ1) is 32.8. The normalized spacial score (nSPS) is 25.2. The van der Waals surface area contributed by atoms with Gasteiger partial charge in [0, 0.05) is 49.6 Å². The summed E-state index contributed by atoms with van der Waals surface area (Å²) in [4.78, 5) is 2.10. The summed E-state index contributed by atoms with van der Waals surface area (Å²) < 4.78 is 129. The summed E-state index contributed by atoms with van der Waals surface area (Å²) >= 11 is 2.73. The van der Waals surface area contributed by atoms with Gasteiger partial charge < -0.3 is 0 Å². The summed E-state index contributed by atoms with van der Waals surface area (Å²) in [5.41, 5.74) is -1.26. The summed E-state index contributed by atoms with van der Waals surface area (Å²) in [6.45, 7) is -9.87. The monoisotopic (exact) mass is 796 g/mol. The highest BCUT2D eigenvalue weighted by molar-refractivity contribution is 8.00. The standard InChI is InChI=1S/C53H54S2Si/c1-52(2)42-25-13-14-27-46(42)54-50-44(52)26-16-28-48(50)56(5,39-22-7-6-8-23-39)40-24-15-21-38(33-40)49-41(36-19-11-12-20-36)30-32-45-51(49)55-47-34-37(35-17-9-10-18-35)29-31-43(47)53(45,3)4/h6-8,13-16,21-36H,9-12,17-20H2,1-5H3/i1D3,2D3,3D3,4D3,35D,36D. The summed E-state index contributed by atoms with van der Waals surface area (Å²) in [7, 11) is -3.35. The molecule has 2 saturated carbocycles. The van der Waals surface area contributed by atoms with Gasteiger partial charge in [-0.1, -0.05) is 198 Å². The minimum Gasteiger partial charge on any atom is -0.0895 e. The zero-order valence-electron chi connectivity index (χ0n) is 45.6. The molecule has 0 N–H and O–H groups in total. The molecule has 56 heavy (non-hydrogen) atoms. The first-order valence-electron chi connectivity index (χ1n) is 26.9. The molecule has 0 amide bonds. The lowest BCUT2D eigenvalue weighted by Crippen LogP contribution is -2.65. The van der Waals surface area contributed by atoms with Crippen molar-refractivity contribution in [3.8, 4) is 11.1 Å². The van der Waals surface area contributed by atoms with Crippen LogP contribution in [0.25, 0.3) is 11.1 Å². The Labute approximate surface area is 364 Å². The van der Waals surface area contributed by atoms with Gasteiger partial charge in [0.05, 0.1) is 0 Å². The highest BCUT2D eigenvalue weighted by atomic mass is 32.2. The molecule has 10 rings (SSSR count). The Bertz CT molecular complexity index is 2990. The van der Waals surface area contributed by atoms with Crippen molar-refractivity contribution in [3.05, 3.63) is 161 Å². The number of hydrogen-bond donors (Lipinski definition) is 0. The van der Waals surface area contributed by atoms with Gasteiger partial charge in [0.2, 0.25) is 0 Å². The van der Waals surface area contributed by atoms with Crippen molar-refractivity contribution in [1.82, 2.24) is 0 Å². The quantitative estimate of drug-likeness (QED) is 0.122. The summed E-state index contributed by atoms with van der Waals surface area (Å²) in [6, 6.07) is 39.1. The van der Waals surface area contributed by atoms with Crippen molar-refractivity contribution in [2.45, 2.75) is 128 Å². The average Bonchev–Trinajstić information content (AvgIpc) is 3.96. The van der Waals surface area contributed by atoms with Crippen LogP contribution in [0, 0.1) is 0 Å². The van der Waals surface area contributed by atoms with Crippen LogP contribution in [0.5, 0.6) is 0 Å². The van der Waals surface area contributed by atoms with Crippen molar-refractivity contribution in [2.24, 2.45) is 0 Å². The van der Waals surface area contributed by atoms with E-state index in [1.807, 2.05) is 48.5 Å². The van der Waals surface area contributed by atoms with E-state index in [0.29, 0.717) is 62.0 Å². The van der Waals surface area contributed by atoms with Gasteiger partial charge in [0.1, 0.15) is 8.07 Å². The van der Waals surface area contributed by atoms with Gasteiger partial charge in [-0.2, -0.15) is 0 Å². The molecule has 0 bridgehead atoms. The molecule has 282 valence electrons. The molecule has 4 aliphatic rings. The zero-order chi connectivity index (χ0) is 50.1. The highest BCUT2D eigenvalue weighted by Gasteiger charge is 2.42. The van der Waals surface area contributed by atoms with Crippen molar-refractivity contribution < 1.29 is 19.2 Å². The van der Waals surface area contributed by atoms with E-state index in [4.69, 9.17) is 8.22 Å². The molecule has 1 atom stereocenters. The Hall–Kier alpha value is -3.76. The summed E-state index contributed by atoms with van der Waals surface area (Å²) in [6.07, 6.45) is 5.86. The maximum Gasteiger partial charge on any atom is 0.146 e. The molecule has 0 saturated heterocycles.